The number of Topliss-reactive ketones (excluding diaryl/α,β-unsaturated/α-hetero) is 1. The highest BCUT2D eigenvalue weighted by molar-refractivity contribution is 6.16. The van der Waals surface area contributed by atoms with Gasteiger partial charge in [0.2, 0.25) is 5.78 Å². The summed E-state index contributed by atoms with van der Waals surface area (Å²) in [5.41, 5.74) is 2.93. The van der Waals surface area contributed by atoms with Crippen LogP contribution in [0.15, 0.2) is 42.2 Å². The average molecular weight is 324 g/mol. The molecule has 0 fully saturated rings. The number of benzene rings is 2. The molecule has 0 bridgehead atoms. The molecule has 0 saturated heterocycles. The van der Waals surface area contributed by atoms with Crippen LogP contribution in [0.4, 0.5) is 11.4 Å². The largest absolute Gasteiger partial charge is 0.507 e. The number of hydrogen-bond donors (Lipinski definition) is 1. The van der Waals surface area contributed by atoms with Gasteiger partial charge < -0.3 is 19.6 Å². The lowest BCUT2D eigenvalue weighted by Gasteiger charge is -2.13. The van der Waals surface area contributed by atoms with Crippen LogP contribution in [0.25, 0.3) is 6.08 Å². The van der Waals surface area contributed by atoms with Crippen LogP contribution in [0.5, 0.6) is 11.5 Å². The van der Waals surface area contributed by atoms with Gasteiger partial charge in [-0.2, -0.15) is 0 Å². The minimum absolute atomic E-state index is 0.0624. The highest BCUT2D eigenvalue weighted by Crippen LogP contribution is 2.40. The lowest BCUT2D eigenvalue weighted by atomic mass is 10.1. The molecule has 1 aliphatic heterocycles. The van der Waals surface area contributed by atoms with E-state index in [1.807, 2.05) is 62.3 Å². The summed E-state index contributed by atoms with van der Waals surface area (Å²) in [5, 5.41) is 10.2. The minimum Gasteiger partial charge on any atom is -0.507 e. The summed E-state index contributed by atoms with van der Waals surface area (Å²) in [7, 11) is 7.67. The van der Waals surface area contributed by atoms with E-state index in [-0.39, 0.29) is 22.9 Å². The van der Waals surface area contributed by atoms with Crippen LogP contribution >= 0.6 is 0 Å². The molecule has 1 aliphatic rings. The van der Waals surface area contributed by atoms with Gasteiger partial charge in [-0.15, -0.1) is 0 Å². The van der Waals surface area contributed by atoms with Crippen molar-refractivity contribution < 1.29 is 14.6 Å². The average Bonchev–Trinajstić information content (AvgIpc) is 2.84. The molecule has 0 aromatic heterocycles. The van der Waals surface area contributed by atoms with Crippen molar-refractivity contribution in [2.45, 2.75) is 0 Å². The number of aromatic hydroxyl groups is 1. The molecule has 0 radical (unpaired) electrons. The Labute approximate surface area is 141 Å². The fourth-order valence-corrected chi connectivity index (χ4v) is 2.56. The molecule has 0 spiro atoms. The smallest absolute Gasteiger partial charge is 0.235 e. The van der Waals surface area contributed by atoms with Crippen LogP contribution in [0.2, 0.25) is 0 Å². The van der Waals surface area contributed by atoms with Crippen molar-refractivity contribution in [3.05, 3.63) is 53.3 Å². The highest BCUT2D eigenvalue weighted by atomic mass is 16.5. The summed E-state index contributed by atoms with van der Waals surface area (Å²) in [5.74, 6) is 0.241. The summed E-state index contributed by atoms with van der Waals surface area (Å²) in [6, 6.07) is 11.1. The summed E-state index contributed by atoms with van der Waals surface area (Å²) < 4.78 is 5.69. The van der Waals surface area contributed by atoms with E-state index in [9.17, 15) is 9.90 Å². The fraction of sp³-hybridized carbons (Fsp3) is 0.211. The maximum atomic E-state index is 12.5. The van der Waals surface area contributed by atoms with Gasteiger partial charge in [0.15, 0.2) is 5.76 Å². The number of hydrogen-bond acceptors (Lipinski definition) is 5. The Morgan fingerprint density at radius 3 is 2.17 bits per heavy atom. The first-order chi connectivity index (χ1) is 11.4. The second-order valence-corrected chi connectivity index (χ2v) is 6.16. The molecule has 0 unspecified atom stereocenters. The molecular formula is C19H20N2O3. The first-order valence-corrected chi connectivity index (χ1v) is 7.63. The van der Waals surface area contributed by atoms with Gasteiger partial charge in [-0.25, -0.2) is 0 Å². The Kier molecular flexibility index (Phi) is 3.93. The fourth-order valence-electron chi connectivity index (χ4n) is 2.56. The molecule has 0 aliphatic carbocycles. The molecule has 5 heteroatoms. The Bertz CT molecular complexity index is 821. The molecule has 1 heterocycles. The number of phenolic OH excluding ortho intramolecular Hbond substituents is 1. The predicted octanol–water partition coefficient (Wildman–Crippen LogP) is 3.14. The normalized spacial score (nSPS) is 14.5. The second kappa shape index (κ2) is 5.92. The molecule has 1 N–H and O–H groups in total. The van der Waals surface area contributed by atoms with Crippen LogP contribution in [0, 0.1) is 0 Å². The monoisotopic (exact) mass is 324 g/mol. The van der Waals surface area contributed by atoms with E-state index in [1.54, 1.807) is 18.2 Å². The first-order valence-electron chi connectivity index (χ1n) is 7.63. The Morgan fingerprint density at radius 1 is 0.958 bits per heavy atom. The molecule has 0 saturated carbocycles. The van der Waals surface area contributed by atoms with E-state index in [0.29, 0.717) is 5.75 Å². The van der Waals surface area contributed by atoms with Crippen molar-refractivity contribution in [3.63, 3.8) is 0 Å². The van der Waals surface area contributed by atoms with E-state index < -0.39 is 0 Å². The van der Waals surface area contributed by atoms with Crippen LogP contribution in [0.1, 0.15) is 15.9 Å². The van der Waals surface area contributed by atoms with Crippen molar-refractivity contribution in [2.75, 3.05) is 38.0 Å². The zero-order valence-electron chi connectivity index (χ0n) is 14.2. The predicted molar refractivity (Wildman–Crippen MR) is 96.1 cm³/mol. The van der Waals surface area contributed by atoms with Crippen molar-refractivity contribution in [3.8, 4) is 11.5 Å². The van der Waals surface area contributed by atoms with Gasteiger partial charge in [0, 0.05) is 51.7 Å². The molecule has 2 aromatic carbocycles. The number of phenols is 1. The highest BCUT2D eigenvalue weighted by Gasteiger charge is 2.31. The second-order valence-electron chi connectivity index (χ2n) is 6.16. The summed E-state index contributed by atoms with van der Waals surface area (Å²) in [6.45, 7) is 0. The number of anilines is 2. The number of nitrogens with zero attached hydrogens (tertiary/aromatic N) is 2. The lowest BCUT2D eigenvalue weighted by molar-refractivity contribution is 0.101. The van der Waals surface area contributed by atoms with Crippen LogP contribution in [0.3, 0.4) is 0 Å². The molecule has 5 nitrogen and oxygen atoms in total. The maximum absolute atomic E-state index is 12.5. The summed E-state index contributed by atoms with van der Waals surface area (Å²) in [4.78, 5) is 16.4. The topological polar surface area (TPSA) is 53.0 Å². The molecule has 0 atom stereocenters. The van der Waals surface area contributed by atoms with Gasteiger partial charge in [0.1, 0.15) is 17.1 Å². The molecule has 3 rings (SSSR count). The Hall–Kier alpha value is -2.95. The summed E-state index contributed by atoms with van der Waals surface area (Å²) >= 11 is 0. The zero-order chi connectivity index (χ0) is 17.4. The Morgan fingerprint density at radius 2 is 1.58 bits per heavy atom. The van der Waals surface area contributed by atoms with Gasteiger partial charge in [0.25, 0.3) is 0 Å². The van der Waals surface area contributed by atoms with Crippen molar-refractivity contribution in [2.24, 2.45) is 0 Å². The SMILES string of the molecule is CN(C)c1ccc(/C=C2\Oc3cc(N(C)C)cc(O)c3C2=O)cc1. The van der Waals surface area contributed by atoms with Gasteiger partial charge >= 0.3 is 0 Å². The van der Waals surface area contributed by atoms with E-state index in [1.165, 1.54) is 0 Å². The van der Waals surface area contributed by atoms with Crippen LogP contribution < -0.4 is 14.5 Å². The third-order valence-electron chi connectivity index (χ3n) is 3.96. The molecular weight excluding hydrogens is 304 g/mol. The van der Waals surface area contributed by atoms with Gasteiger partial charge in [-0.05, 0) is 23.8 Å². The van der Waals surface area contributed by atoms with Crippen molar-refractivity contribution in [1.82, 2.24) is 0 Å². The Balaban J connectivity index is 1.94. The van der Waals surface area contributed by atoms with Crippen molar-refractivity contribution >= 4 is 23.2 Å². The molecule has 2 aromatic rings. The van der Waals surface area contributed by atoms with E-state index >= 15 is 0 Å². The summed E-state index contributed by atoms with van der Waals surface area (Å²) in [6.07, 6.45) is 1.69. The quantitative estimate of drug-likeness (QED) is 0.879. The standard InChI is InChI=1S/C19H20N2O3/c1-20(2)13-7-5-12(6-8-13)9-17-19(23)18-15(22)10-14(21(3)4)11-16(18)24-17/h5-11,22H,1-4H3/b17-9-. The molecule has 24 heavy (non-hydrogen) atoms. The molecule has 0 amide bonds. The minimum atomic E-state index is -0.301. The van der Waals surface area contributed by atoms with Crippen molar-refractivity contribution in [1.29, 1.82) is 0 Å². The number of carbonyl (C=O) groups is 1. The lowest BCUT2D eigenvalue weighted by Crippen LogP contribution is -2.08. The maximum Gasteiger partial charge on any atom is 0.235 e. The number of rotatable bonds is 3. The number of ketones is 1. The van der Waals surface area contributed by atoms with Gasteiger partial charge in [-0.3, -0.25) is 4.79 Å². The third-order valence-corrected chi connectivity index (χ3v) is 3.96. The van der Waals surface area contributed by atoms with Crippen LogP contribution in [-0.2, 0) is 0 Å². The first kappa shape index (κ1) is 15.9. The number of ether oxygens (including phenoxy) is 1. The number of fused-ring (bicyclic) bond motifs is 1. The zero-order valence-corrected chi connectivity index (χ0v) is 14.2. The van der Waals surface area contributed by atoms with E-state index in [4.69, 9.17) is 4.74 Å². The van der Waals surface area contributed by atoms with Crippen LogP contribution in [-0.4, -0.2) is 39.1 Å². The van der Waals surface area contributed by atoms with E-state index in [2.05, 4.69) is 0 Å². The third kappa shape index (κ3) is 2.80. The van der Waals surface area contributed by atoms with Gasteiger partial charge in [-0.1, -0.05) is 12.1 Å². The molecule has 124 valence electrons. The van der Waals surface area contributed by atoms with Gasteiger partial charge in [0.05, 0.1) is 0 Å². The number of allylic oxidation sites excluding steroid dienone is 1. The van der Waals surface area contributed by atoms with E-state index in [0.717, 1.165) is 16.9 Å². The number of carbonyl (C=O) groups excluding carboxylic acids is 1.